The van der Waals surface area contributed by atoms with Crippen LogP contribution in [0.25, 0.3) is 0 Å². The van der Waals surface area contributed by atoms with Gasteiger partial charge in [0, 0.05) is 6.07 Å². The van der Waals surface area contributed by atoms with Crippen molar-refractivity contribution in [3.8, 4) is 11.5 Å². The summed E-state index contributed by atoms with van der Waals surface area (Å²) in [5.41, 5.74) is 0.0246. The van der Waals surface area contributed by atoms with Crippen molar-refractivity contribution in [3.05, 3.63) is 47.0 Å². The van der Waals surface area contributed by atoms with Gasteiger partial charge in [-0.05, 0) is 30.3 Å². The molecule has 0 saturated carbocycles. The van der Waals surface area contributed by atoms with Crippen LogP contribution in [0.2, 0.25) is 5.02 Å². The van der Waals surface area contributed by atoms with Crippen LogP contribution >= 0.6 is 11.6 Å². The predicted octanol–water partition coefficient (Wildman–Crippen LogP) is 2.86. The maximum atomic E-state index is 12.5. The number of anilines is 1. The Balaban J connectivity index is 2.42. The summed E-state index contributed by atoms with van der Waals surface area (Å²) in [6, 6.07) is 7.88. The van der Waals surface area contributed by atoms with Gasteiger partial charge in [0.05, 0.1) is 30.5 Å². The van der Waals surface area contributed by atoms with Crippen LogP contribution in [0.5, 0.6) is 11.5 Å². The smallest absolute Gasteiger partial charge is 0.335 e. The lowest BCUT2D eigenvalue weighted by molar-refractivity contribution is 0.0696. The molecule has 128 valence electrons. The highest BCUT2D eigenvalue weighted by atomic mass is 35.5. The van der Waals surface area contributed by atoms with Gasteiger partial charge in [0.25, 0.3) is 10.0 Å². The molecule has 0 aliphatic carbocycles. The number of methoxy groups -OCH3 is 2. The molecule has 0 amide bonds. The molecule has 0 aliphatic rings. The standard InChI is InChI=1S/C15H14ClNO6S/c1-22-12-6-4-10(8-13(12)23-2)17-24(20,21)14-7-9(15(18)19)3-5-11(14)16/h3-8,17H,1-2H3,(H,18,19). The molecule has 24 heavy (non-hydrogen) atoms. The number of nitrogens with one attached hydrogen (secondary N) is 1. The number of benzene rings is 2. The summed E-state index contributed by atoms with van der Waals surface area (Å²) >= 11 is 5.90. The molecule has 0 aliphatic heterocycles. The number of hydrogen-bond acceptors (Lipinski definition) is 5. The third-order valence-corrected chi connectivity index (χ3v) is 4.97. The Hall–Kier alpha value is -2.45. The van der Waals surface area contributed by atoms with Gasteiger partial charge < -0.3 is 14.6 Å². The first-order chi connectivity index (χ1) is 11.3. The average Bonchev–Trinajstić information content (AvgIpc) is 2.54. The highest BCUT2D eigenvalue weighted by molar-refractivity contribution is 7.92. The molecule has 2 N–H and O–H groups in total. The molecular formula is C15H14ClNO6S. The second-order valence-electron chi connectivity index (χ2n) is 4.63. The molecule has 0 radical (unpaired) electrons. The van der Waals surface area contributed by atoms with Crippen LogP contribution in [0.3, 0.4) is 0 Å². The van der Waals surface area contributed by atoms with Crippen molar-refractivity contribution in [1.29, 1.82) is 0 Å². The number of aromatic carboxylic acids is 1. The summed E-state index contributed by atoms with van der Waals surface area (Å²) in [5.74, 6) is -0.483. The Morgan fingerprint density at radius 3 is 2.33 bits per heavy atom. The first-order valence-corrected chi connectivity index (χ1v) is 8.42. The van der Waals surface area contributed by atoms with Gasteiger partial charge in [-0.25, -0.2) is 13.2 Å². The number of carbonyl (C=O) groups is 1. The van der Waals surface area contributed by atoms with Crippen molar-refractivity contribution in [2.24, 2.45) is 0 Å². The molecule has 0 aromatic heterocycles. The molecule has 0 bridgehead atoms. The van der Waals surface area contributed by atoms with Crippen LogP contribution in [-0.2, 0) is 10.0 Å². The Labute approximate surface area is 143 Å². The SMILES string of the molecule is COc1ccc(NS(=O)(=O)c2cc(C(=O)O)ccc2Cl)cc1OC. The first kappa shape index (κ1) is 17.9. The molecule has 0 atom stereocenters. The van der Waals surface area contributed by atoms with Gasteiger partial charge in [0.1, 0.15) is 4.90 Å². The van der Waals surface area contributed by atoms with Crippen LogP contribution in [0.4, 0.5) is 5.69 Å². The zero-order valence-electron chi connectivity index (χ0n) is 12.7. The van der Waals surface area contributed by atoms with Crippen molar-refractivity contribution >= 4 is 33.3 Å². The molecule has 2 rings (SSSR count). The Bertz CT molecular complexity index is 882. The highest BCUT2D eigenvalue weighted by Gasteiger charge is 2.21. The quantitative estimate of drug-likeness (QED) is 0.809. The van der Waals surface area contributed by atoms with E-state index in [0.29, 0.717) is 11.5 Å². The summed E-state index contributed by atoms with van der Waals surface area (Å²) in [4.78, 5) is 10.7. The Morgan fingerprint density at radius 2 is 1.75 bits per heavy atom. The lowest BCUT2D eigenvalue weighted by Gasteiger charge is -2.13. The number of hydrogen-bond donors (Lipinski definition) is 2. The van der Waals surface area contributed by atoms with Gasteiger partial charge in [-0.1, -0.05) is 11.6 Å². The minimum absolute atomic E-state index is 0.0898. The van der Waals surface area contributed by atoms with E-state index in [1.807, 2.05) is 0 Å². The molecule has 0 heterocycles. The van der Waals surface area contributed by atoms with Gasteiger partial charge in [0.2, 0.25) is 0 Å². The largest absolute Gasteiger partial charge is 0.493 e. The van der Waals surface area contributed by atoms with E-state index in [-0.39, 0.29) is 21.2 Å². The summed E-state index contributed by atoms with van der Waals surface area (Å²) in [6.07, 6.45) is 0. The molecular weight excluding hydrogens is 358 g/mol. The maximum absolute atomic E-state index is 12.5. The minimum Gasteiger partial charge on any atom is -0.493 e. The van der Waals surface area contributed by atoms with Crippen molar-refractivity contribution in [1.82, 2.24) is 0 Å². The van der Waals surface area contributed by atoms with E-state index in [0.717, 1.165) is 6.07 Å². The summed E-state index contributed by atoms with van der Waals surface area (Å²) in [7, 11) is -1.21. The number of halogens is 1. The summed E-state index contributed by atoms with van der Waals surface area (Å²) < 4.78 is 37.5. The van der Waals surface area contributed by atoms with E-state index in [1.54, 1.807) is 0 Å². The third kappa shape index (κ3) is 3.72. The van der Waals surface area contributed by atoms with Gasteiger partial charge in [-0.15, -0.1) is 0 Å². The van der Waals surface area contributed by atoms with Gasteiger partial charge >= 0.3 is 5.97 Å². The number of rotatable bonds is 6. The van der Waals surface area contributed by atoms with Crippen LogP contribution in [0.1, 0.15) is 10.4 Å². The van der Waals surface area contributed by atoms with Crippen LogP contribution in [-0.4, -0.2) is 33.7 Å². The molecule has 0 unspecified atom stereocenters. The van der Waals surface area contributed by atoms with E-state index < -0.39 is 16.0 Å². The van der Waals surface area contributed by atoms with E-state index in [2.05, 4.69) is 4.72 Å². The van der Waals surface area contributed by atoms with Crippen molar-refractivity contribution < 1.29 is 27.8 Å². The normalized spacial score (nSPS) is 11.0. The van der Waals surface area contributed by atoms with Gasteiger partial charge in [-0.2, -0.15) is 0 Å². The molecule has 9 heteroatoms. The van der Waals surface area contributed by atoms with Crippen molar-refractivity contribution in [2.75, 3.05) is 18.9 Å². The average molecular weight is 372 g/mol. The van der Waals surface area contributed by atoms with Crippen LogP contribution in [0.15, 0.2) is 41.3 Å². The van der Waals surface area contributed by atoms with Crippen molar-refractivity contribution in [3.63, 3.8) is 0 Å². The topological polar surface area (TPSA) is 102 Å². The fraction of sp³-hybridized carbons (Fsp3) is 0.133. The number of ether oxygens (including phenoxy) is 2. The predicted molar refractivity (Wildman–Crippen MR) is 88.8 cm³/mol. The number of sulfonamides is 1. The minimum atomic E-state index is -4.09. The lowest BCUT2D eigenvalue weighted by atomic mass is 10.2. The van der Waals surface area contributed by atoms with E-state index in [4.69, 9.17) is 26.2 Å². The summed E-state index contributed by atoms with van der Waals surface area (Å²) in [6.45, 7) is 0. The fourth-order valence-corrected chi connectivity index (χ4v) is 3.53. The summed E-state index contributed by atoms with van der Waals surface area (Å²) in [5, 5.41) is 8.90. The molecule has 0 spiro atoms. The zero-order chi connectivity index (χ0) is 17.9. The second kappa shape index (κ2) is 6.98. The van der Waals surface area contributed by atoms with Crippen LogP contribution in [0, 0.1) is 0 Å². The maximum Gasteiger partial charge on any atom is 0.335 e. The molecule has 2 aromatic carbocycles. The zero-order valence-corrected chi connectivity index (χ0v) is 14.3. The number of carboxylic acid groups (broad SMARTS) is 1. The van der Waals surface area contributed by atoms with Crippen molar-refractivity contribution in [2.45, 2.75) is 4.90 Å². The number of carboxylic acids is 1. The molecule has 7 nitrogen and oxygen atoms in total. The highest BCUT2D eigenvalue weighted by Crippen LogP contribution is 2.31. The fourth-order valence-electron chi connectivity index (χ4n) is 1.95. The lowest BCUT2D eigenvalue weighted by Crippen LogP contribution is -2.14. The molecule has 2 aromatic rings. The first-order valence-electron chi connectivity index (χ1n) is 6.56. The van der Waals surface area contributed by atoms with Gasteiger partial charge in [-0.3, -0.25) is 4.72 Å². The van der Waals surface area contributed by atoms with Gasteiger partial charge in [0.15, 0.2) is 11.5 Å². The van der Waals surface area contributed by atoms with E-state index in [1.165, 1.54) is 44.6 Å². The second-order valence-corrected chi connectivity index (χ2v) is 6.68. The van der Waals surface area contributed by atoms with E-state index in [9.17, 15) is 13.2 Å². The molecule has 0 saturated heterocycles. The van der Waals surface area contributed by atoms with Crippen LogP contribution < -0.4 is 14.2 Å². The Morgan fingerprint density at radius 1 is 1.08 bits per heavy atom. The third-order valence-electron chi connectivity index (χ3n) is 3.10. The Kier molecular flexibility index (Phi) is 5.20. The monoisotopic (exact) mass is 371 g/mol. The van der Waals surface area contributed by atoms with E-state index >= 15 is 0 Å². The molecule has 0 fully saturated rings.